The van der Waals surface area contributed by atoms with Gasteiger partial charge < -0.3 is 29.1 Å². The largest absolute Gasteiger partial charge is 0.497 e. The topological polar surface area (TPSA) is 71.5 Å². The van der Waals surface area contributed by atoms with Crippen LogP contribution >= 0.6 is 11.8 Å². The highest BCUT2D eigenvalue weighted by Crippen LogP contribution is 2.45. The number of nitrogens with zero attached hydrogens (tertiary/aromatic N) is 2. The van der Waals surface area contributed by atoms with Crippen molar-refractivity contribution in [1.82, 2.24) is 4.90 Å². The minimum absolute atomic E-state index is 0.286. The molecule has 0 saturated carbocycles. The van der Waals surface area contributed by atoms with E-state index in [9.17, 15) is 9.90 Å². The molecule has 8 heteroatoms. The van der Waals surface area contributed by atoms with Crippen LogP contribution in [0.5, 0.6) is 17.2 Å². The minimum atomic E-state index is -1.16. The Kier molecular flexibility index (Phi) is 8.97. The Morgan fingerprint density at radius 2 is 1.65 bits per heavy atom. The summed E-state index contributed by atoms with van der Waals surface area (Å²) in [6.07, 6.45) is -0.331. The van der Waals surface area contributed by atoms with Crippen molar-refractivity contribution in [1.29, 1.82) is 0 Å². The fourth-order valence-corrected chi connectivity index (χ4v) is 5.67. The van der Waals surface area contributed by atoms with E-state index in [1.807, 2.05) is 73.8 Å². The first kappa shape index (κ1) is 26.9. The number of aliphatic hydroxyl groups excluding tert-OH is 1. The van der Waals surface area contributed by atoms with Crippen molar-refractivity contribution in [2.45, 2.75) is 22.7 Å². The van der Waals surface area contributed by atoms with Gasteiger partial charge in [-0.05, 0) is 61.0 Å². The zero-order chi connectivity index (χ0) is 26.4. The number of fused-ring (bicyclic) bond motifs is 1. The first-order valence-corrected chi connectivity index (χ1v) is 13.1. The average molecular weight is 523 g/mol. The highest BCUT2D eigenvalue weighted by molar-refractivity contribution is 7.99. The lowest BCUT2D eigenvalue weighted by molar-refractivity contribution is -0.126. The fourth-order valence-electron chi connectivity index (χ4n) is 4.40. The second-order valence-corrected chi connectivity index (χ2v) is 10.1. The van der Waals surface area contributed by atoms with Gasteiger partial charge in [0.05, 0.1) is 32.3 Å². The number of carbonyl (C=O) groups excluding carboxylic acids is 1. The van der Waals surface area contributed by atoms with Crippen molar-refractivity contribution >= 4 is 23.4 Å². The first-order chi connectivity index (χ1) is 17.9. The second-order valence-electron chi connectivity index (χ2n) is 8.96. The van der Waals surface area contributed by atoms with Gasteiger partial charge in [0.25, 0.3) is 5.91 Å². The Balaban J connectivity index is 1.45. The molecule has 0 bridgehead atoms. The quantitative estimate of drug-likeness (QED) is 0.422. The number of anilines is 1. The highest BCUT2D eigenvalue weighted by Gasteiger charge is 2.37. The number of amides is 1. The fraction of sp³-hybridized carbons (Fsp3) is 0.345. The summed E-state index contributed by atoms with van der Waals surface area (Å²) in [6, 6.07) is 21.3. The molecule has 1 aliphatic heterocycles. The third-order valence-corrected chi connectivity index (χ3v) is 7.98. The molecule has 1 amide bonds. The summed E-state index contributed by atoms with van der Waals surface area (Å²) >= 11 is 1.52. The SMILES string of the molecule is COc1ccc([C@H]2Sc3ccccc3N(CCN(C)CCc3ccc(OC)c(OC)c3)C(=O)[C@H]2O)cc1. The second kappa shape index (κ2) is 12.4. The van der Waals surface area contributed by atoms with Crippen molar-refractivity contribution in [2.75, 3.05) is 52.9 Å². The summed E-state index contributed by atoms with van der Waals surface area (Å²) in [6.45, 7) is 1.95. The van der Waals surface area contributed by atoms with Gasteiger partial charge in [0.1, 0.15) is 11.9 Å². The van der Waals surface area contributed by atoms with Crippen LogP contribution in [0.25, 0.3) is 0 Å². The summed E-state index contributed by atoms with van der Waals surface area (Å²) in [5.74, 6) is 1.88. The molecule has 0 unspecified atom stereocenters. The molecule has 0 radical (unpaired) electrons. The molecule has 0 aromatic heterocycles. The lowest BCUT2D eigenvalue weighted by atomic mass is 10.1. The van der Waals surface area contributed by atoms with Crippen molar-refractivity contribution < 1.29 is 24.1 Å². The van der Waals surface area contributed by atoms with Gasteiger partial charge in [-0.15, -0.1) is 11.8 Å². The molecule has 1 aliphatic rings. The molecule has 196 valence electrons. The van der Waals surface area contributed by atoms with Gasteiger partial charge in [-0.1, -0.05) is 30.3 Å². The lowest BCUT2D eigenvalue weighted by Crippen LogP contribution is -2.44. The number of hydrogen-bond donors (Lipinski definition) is 1. The minimum Gasteiger partial charge on any atom is -0.497 e. The van der Waals surface area contributed by atoms with Crippen molar-refractivity contribution in [3.8, 4) is 17.2 Å². The number of thioether (sulfide) groups is 1. The molecular weight excluding hydrogens is 488 g/mol. The molecule has 1 heterocycles. The van der Waals surface area contributed by atoms with Gasteiger partial charge in [0, 0.05) is 24.5 Å². The van der Waals surface area contributed by atoms with Crippen LogP contribution in [-0.2, 0) is 11.2 Å². The van der Waals surface area contributed by atoms with Crippen LogP contribution in [-0.4, -0.2) is 70.0 Å². The molecule has 3 aromatic carbocycles. The molecular formula is C29H34N2O5S. The van der Waals surface area contributed by atoms with Gasteiger partial charge >= 0.3 is 0 Å². The average Bonchev–Trinajstić information content (AvgIpc) is 3.04. The molecule has 0 saturated heterocycles. The maximum Gasteiger partial charge on any atom is 0.257 e. The van der Waals surface area contributed by atoms with Crippen molar-refractivity contribution in [3.05, 3.63) is 77.9 Å². The molecule has 1 N–H and O–H groups in total. The summed E-state index contributed by atoms with van der Waals surface area (Å²) in [7, 11) is 6.92. The van der Waals surface area contributed by atoms with Gasteiger partial charge in [-0.3, -0.25) is 4.79 Å². The third kappa shape index (κ3) is 6.21. The molecule has 7 nitrogen and oxygen atoms in total. The highest BCUT2D eigenvalue weighted by atomic mass is 32.2. The van der Waals surface area contributed by atoms with Crippen LogP contribution in [0.2, 0.25) is 0 Å². The van der Waals surface area contributed by atoms with Gasteiger partial charge in [0.2, 0.25) is 0 Å². The number of carbonyl (C=O) groups is 1. The van der Waals surface area contributed by atoms with Gasteiger partial charge in [-0.2, -0.15) is 0 Å². The van der Waals surface area contributed by atoms with Crippen molar-refractivity contribution in [3.63, 3.8) is 0 Å². The molecule has 0 spiro atoms. The number of methoxy groups -OCH3 is 3. The summed E-state index contributed by atoms with van der Waals surface area (Å²) in [5.41, 5.74) is 2.87. The Hall–Kier alpha value is -3.20. The van der Waals surface area contributed by atoms with E-state index in [0.29, 0.717) is 24.6 Å². The maximum absolute atomic E-state index is 13.5. The Bertz CT molecular complexity index is 1200. The van der Waals surface area contributed by atoms with Gasteiger partial charge in [0.15, 0.2) is 11.5 Å². The lowest BCUT2D eigenvalue weighted by Gasteiger charge is -2.27. The van der Waals surface area contributed by atoms with E-state index < -0.39 is 11.4 Å². The van der Waals surface area contributed by atoms with Crippen LogP contribution in [0.1, 0.15) is 16.4 Å². The predicted octanol–water partition coefficient (Wildman–Crippen LogP) is 4.43. The standard InChI is InChI=1S/C29H34N2O5S/c1-30(16-15-20-9-14-24(35-3)25(19-20)36-4)17-18-31-23-7-5-6-8-26(23)37-28(27(32)29(31)33)21-10-12-22(34-2)13-11-21/h5-14,19,27-28,32H,15-18H2,1-4H3/t27-,28+/m0/s1. The van der Waals surface area contributed by atoms with E-state index in [1.165, 1.54) is 11.8 Å². The van der Waals surface area contributed by atoms with Crippen LogP contribution in [0.4, 0.5) is 5.69 Å². The molecule has 37 heavy (non-hydrogen) atoms. The summed E-state index contributed by atoms with van der Waals surface area (Å²) in [4.78, 5) is 18.4. The van der Waals surface area contributed by atoms with Crippen LogP contribution in [0.15, 0.2) is 71.6 Å². The molecule has 0 aliphatic carbocycles. The predicted molar refractivity (Wildman–Crippen MR) is 147 cm³/mol. The van der Waals surface area contributed by atoms with Gasteiger partial charge in [-0.25, -0.2) is 0 Å². The maximum atomic E-state index is 13.5. The number of benzene rings is 3. The summed E-state index contributed by atoms with van der Waals surface area (Å²) < 4.78 is 16.0. The number of para-hydroxylation sites is 1. The van der Waals surface area contributed by atoms with E-state index in [1.54, 1.807) is 26.2 Å². The smallest absolute Gasteiger partial charge is 0.257 e. The van der Waals surface area contributed by atoms with Crippen molar-refractivity contribution in [2.24, 2.45) is 0 Å². The number of hydrogen-bond acceptors (Lipinski definition) is 7. The van der Waals surface area contributed by atoms with Crippen LogP contribution < -0.4 is 19.1 Å². The molecule has 2 atom stereocenters. The van der Waals surface area contributed by atoms with E-state index in [4.69, 9.17) is 14.2 Å². The Morgan fingerprint density at radius 3 is 2.35 bits per heavy atom. The van der Waals surface area contributed by atoms with E-state index >= 15 is 0 Å². The van der Waals surface area contributed by atoms with Crippen LogP contribution in [0, 0.1) is 0 Å². The van der Waals surface area contributed by atoms with E-state index in [0.717, 1.165) is 40.4 Å². The monoisotopic (exact) mass is 522 g/mol. The zero-order valence-electron chi connectivity index (χ0n) is 21.7. The molecule has 4 rings (SSSR count). The number of aliphatic hydroxyl groups is 1. The molecule has 3 aromatic rings. The molecule has 0 fully saturated rings. The number of rotatable bonds is 10. The first-order valence-electron chi connectivity index (χ1n) is 12.2. The van der Waals surface area contributed by atoms with E-state index in [2.05, 4.69) is 4.90 Å². The van der Waals surface area contributed by atoms with Crippen LogP contribution in [0.3, 0.4) is 0 Å². The third-order valence-electron chi connectivity index (χ3n) is 6.60. The zero-order valence-corrected chi connectivity index (χ0v) is 22.5. The van der Waals surface area contributed by atoms with E-state index in [-0.39, 0.29) is 5.91 Å². The number of likely N-dealkylation sites (N-methyl/N-ethyl adjacent to an activating group) is 1. The Morgan fingerprint density at radius 1 is 0.919 bits per heavy atom. The Labute approximate surface area is 222 Å². The normalized spacial score (nSPS) is 17.4. The number of ether oxygens (including phenoxy) is 3. The summed E-state index contributed by atoms with van der Waals surface area (Å²) in [5, 5.41) is 10.8.